The van der Waals surface area contributed by atoms with Crippen molar-refractivity contribution in [2.75, 3.05) is 0 Å². The number of rotatable bonds is 6. The lowest BCUT2D eigenvalue weighted by Crippen LogP contribution is -2.30. The Morgan fingerprint density at radius 2 is 1.89 bits per heavy atom. The molecule has 0 spiro atoms. The fourth-order valence-corrected chi connectivity index (χ4v) is 3.53. The van der Waals surface area contributed by atoms with E-state index in [2.05, 4.69) is 0 Å². The van der Waals surface area contributed by atoms with Gasteiger partial charge in [0.2, 0.25) is 0 Å². The molecule has 1 rings (SSSR count). The Hall–Kier alpha value is -1.36. The number of aliphatic carboxylic acids is 1. The molecule has 0 fully saturated rings. The van der Waals surface area contributed by atoms with Crippen LogP contribution < -0.4 is 0 Å². The summed E-state index contributed by atoms with van der Waals surface area (Å²) in [5.41, 5.74) is 1.83. The normalized spacial score (nSPS) is 13.2. The van der Waals surface area contributed by atoms with Crippen LogP contribution in [-0.4, -0.2) is 24.7 Å². The summed E-state index contributed by atoms with van der Waals surface area (Å²) in [6, 6.07) is 4.74. The minimum atomic E-state index is -3.81. The maximum absolute atomic E-state index is 12.4. The number of sulfone groups is 1. The zero-order valence-electron chi connectivity index (χ0n) is 11.5. The van der Waals surface area contributed by atoms with Gasteiger partial charge in [0.15, 0.2) is 15.1 Å². The maximum atomic E-state index is 12.4. The van der Waals surface area contributed by atoms with Crippen LogP contribution in [0.25, 0.3) is 0 Å². The molecule has 0 saturated carbocycles. The van der Waals surface area contributed by atoms with Gasteiger partial charge in [-0.1, -0.05) is 25.8 Å². The summed E-state index contributed by atoms with van der Waals surface area (Å²) < 4.78 is 24.7. The molecule has 4 nitrogen and oxygen atoms in total. The highest BCUT2D eigenvalue weighted by Crippen LogP contribution is 2.22. The summed E-state index contributed by atoms with van der Waals surface area (Å²) >= 11 is 0. The molecule has 1 atom stereocenters. The second kappa shape index (κ2) is 6.19. The lowest BCUT2D eigenvalue weighted by molar-refractivity contribution is -0.136. The number of benzene rings is 1. The molecule has 0 aliphatic rings. The first-order chi connectivity index (χ1) is 8.80. The third kappa shape index (κ3) is 3.56. The standard InChI is InChI=1S/C14H20O4S/c1-4-5-6-13(14(15)16)19(17,18)12-8-7-10(2)11(3)9-12/h7-9,13H,4-6H2,1-3H3,(H,15,16). The monoisotopic (exact) mass is 284 g/mol. The van der Waals surface area contributed by atoms with E-state index < -0.39 is 21.1 Å². The van der Waals surface area contributed by atoms with Crippen LogP contribution in [0.1, 0.15) is 37.3 Å². The van der Waals surface area contributed by atoms with Crippen molar-refractivity contribution in [2.24, 2.45) is 0 Å². The summed E-state index contributed by atoms with van der Waals surface area (Å²) in [6.45, 7) is 5.61. The van der Waals surface area contributed by atoms with Crippen LogP contribution in [-0.2, 0) is 14.6 Å². The summed E-state index contributed by atoms with van der Waals surface area (Å²) in [4.78, 5) is 11.3. The molecule has 1 N–H and O–H groups in total. The van der Waals surface area contributed by atoms with E-state index >= 15 is 0 Å². The van der Waals surface area contributed by atoms with Crippen molar-refractivity contribution >= 4 is 15.8 Å². The van der Waals surface area contributed by atoms with E-state index in [0.717, 1.165) is 17.5 Å². The third-order valence-electron chi connectivity index (χ3n) is 3.28. The predicted octanol–water partition coefficient (Wildman–Crippen LogP) is 2.72. The lowest BCUT2D eigenvalue weighted by Gasteiger charge is -2.14. The van der Waals surface area contributed by atoms with E-state index in [1.165, 1.54) is 6.07 Å². The molecular formula is C14H20O4S. The zero-order chi connectivity index (χ0) is 14.6. The smallest absolute Gasteiger partial charge is 0.322 e. The second-order valence-electron chi connectivity index (χ2n) is 4.76. The minimum absolute atomic E-state index is 0.0964. The van der Waals surface area contributed by atoms with Crippen LogP contribution in [0, 0.1) is 13.8 Å². The number of carboxylic acids is 1. The summed E-state index contributed by atoms with van der Waals surface area (Å²) in [5, 5.41) is 7.79. The molecule has 0 saturated heterocycles. The van der Waals surface area contributed by atoms with Crippen LogP contribution in [0.5, 0.6) is 0 Å². The minimum Gasteiger partial charge on any atom is -0.480 e. The van der Waals surface area contributed by atoms with E-state index in [1.54, 1.807) is 12.1 Å². The average molecular weight is 284 g/mol. The highest BCUT2D eigenvalue weighted by atomic mass is 32.2. The predicted molar refractivity (Wildman–Crippen MR) is 74.1 cm³/mol. The Bertz CT molecular complexity index is 561. The van der Waals surface area contributed by atoms with Gasteiger partial charge >= 0.3 is 5.97 Å². The van der Waals surface area contributed by atoms with Gasteiger partial charge in [0.05, 0.1) is 4.90 Å². The Morgan fingerprint density at radius 3 is 2.37 bits per heavy atom. The fourth-order valence-electron chi connectivity index (χ4n) is 1.86. The van der Waals surface area contributed by atoms with Crippen LogP contribution >= 0.6 is 0 Å². The number of hydrogen-bond acceptors (Lipinski definition) is 3. The van der Waals surface area contributed by atoms with Crippen LogP contribution in [0.2, 0.25) is 0 Å². The van der Waals surface area contributed by atoms with Crippen molar-refractivity contribution in [3.05, 3.63) is 29.3 Å². The van der Waals surface area contributed by atoms with Crippen molar-refractivity contribution < 1.29 is 18.3 Å². The van der Waals surface area contributed by atoms with Crippen LogP contribution in [0.4, 0.5) is 0 Å². The van der Waals surface area contributed by atoms with E-state index in [9.17, 15) is 13.2 Å². The number of carboxylic acid groups (broad SMARTS) is 1. The highest BCUT2D eigenvalue weighted by molar-refractivity contribution is 7.92. The molecule has 0 radical (unpaired) electrons. The van der Waals surface area contributed by atoms with Gasteiger partial charge in [0, 0.05) is 0 Å². The van der Waals surface area contributed by atoms with Gasteiger partial charge < -0.3 is 5.11 Å². The number of unbranched alkanes of at least 4 members (excludes halogenated alkanes) is 1. The summed E-state index contributed by atoms with van der Waals surface area (Å²) in [7, 11) is -3.81. The zero-order valence-corrected chi connectivity index (χ0v) is 12.3. The lowest BCUT2D eigenvalue weighted by atomic mass is 10.1. The molecule has 1 aromatic rings. The van der Waals surface area contributed by atoms with Gasteiger partial charge in [-0.25, -0.2) is 8.42 Å². The van der Waals surface area contributed by atoms with Gasteiger partial charge in [-0.05, 0) is 43.5 Å². The van der Waals surface area contributed by atoms with Crippen molar-refractivity contribution in [2.45, 2.75) is 50.2 Å². The van der Waals surface area contributed by atoms with E-state index in [1.807, 2.05) is 20.8 Å². The van der Waals surface area contributed by atoms with E-state index in [4.69, 9.17) is 5.11 Å². The molecule has 5 heteroatoms. The Morgan fingerprint density at radius 1 is 1.26 bits per heavy atom. The first-order valence-corrected chi connectivity index (χ1v) is 7.89. The molecule has 0 bridgehead atoms. The Kier molecular flexibility index (Phi) is 5.11. The topological polar surface area (TPSA) is 71.4 Å². The van der Waals surface area contributed by atoms with Gasteiger partial charge in [-0.15, -0.1) is 0 Å². The molecule has 0 aliphatic carbocycles. The molecule has 0 heterocycles. The van der Waals surface area contributed by atoms with Crippen LogP contribution in [0.15, 0.2) is 23.1 Å². The first kappa shape index (κ1) is 15.7. The molecule has 1 unspecified atom stereocenters. The van der Waals surface area contributed by atoms with Crippen molar-refractivity contribution in [1.29, 1.82) is 0 Å². The molecular weight excluding hydrogens is 264 g/mol. The van der Waals surface area contributed by atoms with Crippen molar-refractivity contribution in [3.63, 3.8) is 0 Å². The molecule has 0 aromatic heterocycles. The Balaban J connectivity index is 3.18. The third-order valence-corrected chi connectivity index (χ3v) is 5.37. The summed E-state index contributed by atoms with van der Waals surface area (Å²) in [6.07, 6.45) is 1.51. The van der Waals surface area contributed by atoms with Gasteiger partial charge in [-0.3, -0.25) is 4.79 Å². The SMILES string of the molecule is CCCCC(C(=O)O)S(=O)(=O)c1ccc(C)c(C)c1. The summed E-state index contributed by atoms with van der Waals surface area (Å²) in [5.74, 6) is -1.27. The molecule has 106 valence electrons. The van der Waals surface area contributed by atoms with Gasteiger partial charge in [0.1, 0.15) is 0 Å². The highest BCUT2D eigenvalue weighted by Gasteiger charge is 2.33. The molecule has 0 amide bonds. The average Bonchev–Trinajstić information content (AvgIpc) is 2.32. The van der Waals surface area contributed by atoms with E-state index in [0.29, 0.717) is 6.42 Å². The van der Waals surface area contributed by atoms with Gasteiger partial charge in [-0.2, -0.15) is 0 Å². The molecule has 0 aliphatic heterocycles. The number of hydrogen-bond donors (Lipinski definition) is 1. The van der Waals surface area contributed by atoms with Crippen LogP contribution in [0.3, 0.4) is 0 Å². The first-order valence-electron chi connectivity index (χ1n) is 6.34. The van der Waals surface area contributed by atoms with Crippen molar-refractivity contribution in [1.82, 2.24) is 0 Å². The van der Waals surface area contributed by atoms with Gasteiger partial charge in [0.25, 0.3) is 0 Å². The quantitative estimate of drug-likeness (QED) is 0.872. The largest absolute Gasteiger partial charge is 0.480 e. The second-order valence-corrected chi connectivity index (χ2v) is 6.89. The molecule has 1 aromatic carbocycles. The Labute approximate surface area is 114 Å². The number of carbonyl (C=O) groups is 1. The molecule has 19 heavy (non-hydrogen) atoms. The van der Waals surface area contributed by atoms with Crippen molar-refractivity contribution in [3.8, 4) is 0 Å². The number of aryl methyl sites for hydroxylation is 2. The van der Waals surface area contributed by atoms with E-state index in [-0.39, 0.29) is 11.3 Å². The maximum Gasteiger partial charge on any atom is 0.322 e. The fraction of sp³-hybridized carbons (Fsp3) is 0.500.